The fourth-order valence-electron chi connectivity index (χ4n) is 2.75. The molecule has 1 amide bonds. The number of benzene rings is 2. The average Bonchev–Trinajstić information content (AvgIpc) is 2.96. The molecule has 0 atom stereocenters. The third kappa shape index (κ3) is 4.68. The number of amidine groups is 1. The van der Waals surface area contributed by atoms with Crippen LogP contribution in [0.2, 0.25) is 0 Å². The third-order valence-corrected chi connectivity index (χ3v) is 5.80. The second kappa shape index (κ2) is 9.36. The van der Waals surface area contributed by atoms with Crippen molar-refractivity contribution in [3.05, 3.63) is 56.9 Å². The van der Waals surface area contributed by atoms with Crippen molar-refractivity contribution in [1.82, 2.24) is 4.90 Å². The number of thioether (sulfide) groups is 1. The first-order valence-electron chi connectivity index (χ1n) is 8.94. The Bertz CT molecular complexity index is 1070. The van der Waals surface area contributed by atoms with Crippen LogP contribution in [0.15, 0.2) is 50.8 Å². The maximum Gasteiger partial charge on any atom is 0.335 e. The molecule has 0 saturated carbocycles. The van der Waals surface area contributed by atoms with E-state index in [4.69, 9.17) is 14.6 Å². The molecule has 0 radical (unpaired) electrons. The predicted octanol–water partition coefficient (Wildman–Crippen LogP) is 4.79. The molecular weight excluding hydrogens is 472 g/mol. The largest absolute Gasteiger partial charge is 0.492 e. The van der Waals surface area contributed by atoms with E-state index in [-0.39, 0.29) is 11.5 Å². The van der Waals surface area contributed by atoms with Gasteiger partial charge in [0.25, 0.3) is 5.91 Å². The first kappa shape index (κ1) is 21.9. The fourth-order valence-corrected chi connectivity index (χ4v) is 4.36. The molecule has 9 heteroatoms. The predicted molar refractivity (Wildman–Crippen MR) is 121 cm³/mol. The normalized spacial score (nSPS) is 16.4. The Labute approximate surface area is 186 Å². The summed E-state index contributed by atoms with van der Waals surface area (Å²) in [5.74, 6) is -0.0687. The van der Waals surface area contributed by atoms with E-state index in [1.54, 1.807) is 38.4 Å². The number of nitrogens with zero attached hydrogens (tertiary/aromatic N) is 2. The first-order chi connectivity index (χ1) is 14.3. The Hall–Kier alpha value is -2.78. The molecule has 3 rings (SSSR count). The molecule has 1 N–H and O–H groups in total. The van der Waals surface area contributed by atoms with Gasteiger partial charge in [0.15, 0.2) is 16.7 Å². The van der Waals surface area contributed by atoms with Crippen LogP contribution >= 0.6 is 27.7 Å². The van der Waals surface area contributed by atoms with Gasteiger partial charge >= 0.3 is 5.97 Å². The monoisotopic (exact) mass is 490 g/mol. The van der Waals surface area contributed by atoms with Crippen LogP contribution in [0.5, 0.6) is 11.5 Å². The van der Waals surface area contributed by atoms with E-state index in [1.807, 2.05) is 13.0 Å². The van der Waals surface area contributed by atoms with Gasteiger partial charge in [0.05, 0.1) is 34.3 Å². The highest BCUT2D eigenvalue weighted by molar-refractivity contribution is 9.10. The van der Waals surface area contributed by atoms with Gasteiger partial charge in [-0.05, 0) is 76.6 Å². The number of aromatic carboxylic acids is 1. The first-order valence-corrected chi connectivity index (χ1v) is 10.5. The highest BCUT2D eigenvalue weighted by Gasteiger charge is 2.30. The molecule has 7 nitrogen and oxygen atoms in total. The van der Waals surface area contributed by atoms with Crippen molar-refractivity contribution >= 4 is 56.5 Å². The Kier molecular flexibility index (Phi) is 6.84. The lowest BCUT2D eigenvalue weighted by molar-refractivity contribution is -0.121. The molecule has 0 spiro atoms. The summed E-state index contributed by atoms with van der Waals surface area (Å²) in [6.07, 6.45) is 1.76. The quantitative estimate of drug-likeness (QED) is 0.585. The number of carboxylic acid groups (broad SMARTS) is 1. The maximum atomic E-state index is 12.7. The molecule has 156 valence electrons. The molecule has 1 saturated heterocycles. The topological polar surface area (TPSA) is 88.4 Å². The summed E-state index contributed by atoms with van der Waals surface area (Å²) < 4.78 is 11.7. The van der Waals surface area contributed by atoms with Crippen LogP contribution in [0.4, 0.5) is 5.69 Å². The summed E-state index contributed by atoms with van der Waals surface area (Å²) >= 11 is 4.69. The van der Waals surface area contributed by atoms with Gasteiger partial charge in [-0.15, -0.1) is 0 Å². The maximum absolute atomic E-state index is 12.7. The van der Waals surface area contributed by atoms with Crippen LogP contribution in [0, 0.1) is 0 Å². The van der Waals surface area contributed by atoms with Gasteiger partial charge in [-0.1, -0.05) is 6.07 Å². The lowest BCUT2D eigenvalue weighted by Gasteiger charge is -2.12. The van der Waals surface area contributed by atoms with Crippen molar-refractivity contribution in [2.24, 2.45) is 4.99 Å². The van der Waals surface area contributed by atoms with Crippen molar-refractivity contribution in [2.75, 3.05) is 20.8 Å². The number of hydrogen-bond acceptors (Lipinski definition) is 6. The number of carbonyl (C=O) groups is 2. The molecule has 30 heavy (non-hydrogen) atoms. The number of carbonyl (C=O) groups excluding carboxylic acids is 1. The average molecular weight is 491 g/mol. The van der Waals surface area contributed by atoms with Gasteiger partial charge in [-0.25, -0.2) is 9.79 Å². The van der Waals surface area contributed by atoms with Gasteiger partial charge in [-0.2, -0.15) is 0 Å². The van der Waals surface area contributed by atoms with Crippen LogP contribution in [0.3, 0.4) is 0 Å². The Morgan fingerprint density at radius 3 is 2.77 bits per heavy atom. The minimum atomic E-state index is -1.03. The smallest absolute Gasteiger partial charge is 0.335 e. The lowest BCUT2D eigenvalue weighted by atomic mass is 10.2. The summed E-state index contributed by atoms with van der Waals surface area (Å²) in [4.78, 5) is 30.2. The third-order valence-electron chi connectivity index (χ3n) is 4.16. The van der Waals surface area contributed by atoms with Gasteiger partial charge in [-0.3, -0.25) is 9.69 Å². The van der Waals surface area contributed by atoms with Gasteiger partial charge < -0.3 is 14.6 Å². The summed E-state index contributed by atoms with van der Waals surface area (Å²) in [5, 5.41) is 9.60. The molecule has 0 aromatic heterocycles. The van der Waals surface area contributed by atoms with Gasteiger partial charge in [0.1, 0.15) is 0 Å². The minimum Gasteiger partial charge on any atom is -0.492 e. The number of halogens is 1. The lowest BCUT2D eigenvalue weighted by Crippen LogP contribution is -2.23. The highest BCUT2D eigenvalue weighted by atomic mass is 79.9. The van der Waals surface area contributed by atoms with Crippen LogP contribution in [-0.4, -0.2) is 47.8 Å². The van der Waals surface area contributed by atoms with E-state index in [0.29, 0.717) is 38.3 Å². The van der Waals surface area contributed by atoms with Gasteiger partial charge in [0, 0.05) is 7.05 Å². The van der Waals surface area contributed by atoms with Gasteiger partial charge in [0.2, 0.25) is 0 Å². The van der Waals surface area contributed by atoms with E-state index in [1.165, 1.54) is 28.8 Å². The zero-order valence-corrected chi connectivity index (χ0v) is 18.9. The van der Waals surface area contributed by atoms with Crippen molar-refractivity contribution in [1.29, 1.82) is 0 Å². The van der Waals surface area contributed by atoms with E-state index < -0.39 is 5.97 Å². The highest BCUT2D eigenvalue weighted by Crippen LogP contribution is 2.39. The number of carboxylic acids is 1. The second-order valence-electron chi connectivity index (χ2n) is 6.19. The van der Waals surface area contributed by atoms with E-state index >= 15 is 0 Å². The Morgan fingerprint density at radius 1 is 1.33 bits per heavy atom. The van der Waals surface area contributed by atoms with Crippen LogP contribution in [-0.2, 0) is 4.79 Å². The van der Waals surface area contributed by atoms with Crippen molar-refractivity contribution < 1.29 is 24.2 Å². The summed E-state index contributed by atoms with van der Waals surface area (Å²) in [6.45, 7) is 2.36. The molecule has 0 unspecified atom stereocenters. The van der Waals surface area contributed by atoms with Crippen molar-refractivity contribution in [3.8, 4) is 11.5 Å². The molecule has 1 aliphatic rings. The Balaban J connectivity index is 1.93. The van der Waals surface area contributed by atoms with Crippen molar-refractivity contribution in [3.63, 3.8) is 0 Å². The number of hydrogen-bond donors (Lipinski definition) is 1. The van der Waals surface area contributed by atoms with Crippen LogP contribution in [0.1, 0.15) is 22.8 Å². The molecule has 2 aromatic carbocycles. The number of methoxy groups -OCH3 is 1. The molecule has 0 bridgehead atoms. The number of amides is 1. The zero-order valence-electron chi connectivity index (χ0n) is 16.5. The second-order valence-corrected chi connectivity index (χ2v) is 8.06. The molecular formula is C21H19BrN2O5S. The van der Waals surface area contributed by atoms with E-state index in [0.717, 1.165) is 5.56 Å². The van der Waals surface area contributed by atoms with Crippen LogP contribution < -0.4 is 9.47 Å². The molecule has 1 fully saturated rings. The van der Waals surface area contributed by atoms with E-state index in [9.17, 15) is 9.59 Å². The standard InChI is InChI=1S/C21H19BrN2O5S/c1-4-29-16-9-12(8-15(22)18(16)28-3)10-17-19(25)24(2)21(30-17)23-14-7-5-6-13(11-14)20(26)27/h5-11H,4H2,1-3H3,(H,26,27)/b17-10-,23-21?. The molecule has 0 aliphatic carbocycles. The molecule has 1 heterocycles. The van der Waals surface area contributed by atoms with E-state index in [2.05, 4.69) is 20.9 Å². The number of aliphatic imine (C=N–C) groups is 1. The SMILES string of the molecule is CCOc1cc(/C=C2\SC(=Nc3cccc(C(=O)O)c3)N(C)C2=O)cc(Br)c1OC. The summed E-state index contributed by atoms with van der Waals surface area (Å²) in [6, 6.07) is 9.91. The number of rotatable bonds is 6. The molecule has 1 aliphatic heterocycles. The minimum absolute atomic E-state index is 0.135. The summed E-state index contributed by atoms with van der Waals surface area (Å²) in [5.41, 5.74) is 1.37. The fraction of sp³-hybridized carbons (Fsp3) is 0.190. The number of ether oxygens (including phenoxy) is 2. The number of likely N-dealkylation sites (N-methyl/N-ethyl adjacent to an activating group) is 1. The molecule has 2 aromatic rings. The Morgan fingerprint density at radius 2 is 2.10 bits per heavy atom. The van der Waals surface area contributed by atoms with Crippen molar-refractivity contribution in [2.45, 2.75) is 6.92 Å². The van der Waals surface area contributed by atoms with Crippen LogP contribution in [0.25, 0.3) is 6.08 Å². The summed E-state index contributed by atoms with van der Waals surface area (Å²) in [7, 11) is 3.19. The zero-order chi connectivity index (χ0) is 21.8.